The summed E-state index contributed by atoms with van der Waals surface area (Å²) >= 11 is 0. The number of aromatic nitrogens is 2. The van der Waals surface area contributed by atoms with Crippen LogP contribution in [0.15, 0.2) is 112 Å². The molecule has 0 fully saturated rings. The van der Waals surface area contributed by atoms with E-state index in [0.717, 1.165) is 39.8 Å². The van der Waals surface area contributed by atoms with Crippen molar-refractivity contribution in [2.75, 3.05) is 0 Å². The van der Waals surface area contributed by atoms with Crippen molar-refractivity contribution in [2.24, 2.45) is 0 Å². The van der Waals surface area contributed by atoms with E-state index in [1.807, 2.05) is 60.7 Å². The zero-order valence-electron chi connectivity index (χ0n) is 26.3. The lowest BCUT2D eigenvalue weighted by Gasteiger charge is -2.22. The number of halogens is 3. The van der Waals surface area contributed by atoms with Gasteiger partial charge in [-0.25, -0.2) is 4.98 Å². The van der Waals surface area contributed by atoms with Gasteiger partial charge in [0.2, 0.25) is 0 Å². The van der Waals surface area contributed by atoms with E-state index in [-0.39, 0.29) is 17.4 Å². The minimum Gasteiger partial charge on any atom is -0.456 e. The molecule has 7 heteroatoms. The molecule has 8 rings (SSSR count). The topological polar surface area (TPSA) is 44.1 Å². The van der Waals surface area contributed by atoms with Crippen LogP contribution in [-0.2, 0) is 6.18 Å². The van der Waals surface area contributed by atoms with Crippen molar-refractivity contribution < 1.29 is 22.0 Å². The highest BCUT2D eigenvalue weighted by Crippen LogP contribution is 2.46. The molecule has 0 N–H and O–H groups in total. The number of imidazole rings is 1. The Bertz CT molecular complexity index is 2440. The van der Waals surface area contributed by atoms with Crippen LogP contribution in [0.1, 0.15) is 56.2 Å². The molecule has 3 aromatic heterocycles. The molecule has 4 nitrogen and oxygen atoms in total. The van der Waals surface area contributed by atoms with Crippen molar-refractivity contribution in [3.05, 3.63) is 120 Å². The first kappa shape index (κ1) is 29.1. The lowest BCUT2D eigenvalue weighted by Crippen LogP contribution is -2.08. The molecule has 8 aromatic rings. The molecule has 0 unspecified atom stereocenters. The van der Waals surface area contributed by atoms with Gasteiger partial charge in [-0.3, -0.25) is 4.57 Å². The Kier molecular flexibility index (Phi) is 6.58. The maximum atomic E-state index is 13.9. The van der Waals surface area contributed by atoms with E-state index < -0.39 is 11.7 Å². The van der Waals surface area contributed by atoms with Crippen molar-refractivity contribution in [2.45, 2.75) is 45.7 Å². The lowest BCUT2D eigenvalue weighted by molar-refractivity contribution is -0.137. The van der Waals surface area contributed by atoms with Gasteiger partial charge in [0.05, 0.1) is 27.8 Å². The first-order valence-corrected chi connectivity index (χ1v) is 15.8. The van der Waals surface area contributed by atoms with Crippen molar-refractivity contribution in [3.63, 3.8) is 0 Å². The summed E-state index contributed by atoms with van der Waals surface area (Å²) in [5, 5.41) is 2.02. The lowest BCUT2D eigenvalue weighted by atomic mass is 9.92. The van der Waals surface area contributed by atoms with Crippen LogP contribution in [0.4, 0.5) is 13.2 Å². The Morgan fingerprint density at radius 2 is 1.36 bits per heavy atom. The van der Waals surface area contributed by atoms with Gasteiger partial charge in [0.1, 0.15) is 28.3 Å². The number of hydrogen-bond donors (Lipinski definition) is 0. The van der Waals surface area contributed by atoms with Crippen LogP contribution in [0.5, 0.6) is 0 Å². The van der Waals surface area contributed by atoms with Crippen LogP contribution < -0.4 is 0 Å². The molecular formula is C40H31F3N2O2. The molecule has 47 heavy (non-hydrogen) atoms. The third-order valence-electron chi connectivity index (χ3n) is 8.99. The summed E-state index contributed by atoms with van der Waals surface area (Å²) in [4.78, 5) is 5.19. The smallest absolute Gasteiger partial charge is 0.416 e. The number of para-hydroxylation sites is 3. The zero-order valence-corrected chi connectivity index (χ0v) is 26.3. The Labute approximate surface area is 269 Å². The molecular weight excluding hydrogens is 597 g/mol. The minimum atomic E-state index is -4.51. The molecule has 0 amide bonds. The molecule has 0 aliphatic carbocycles. The fraction of sp³-hybridized carbons (Fsp3) is 0.175. The molecule has 3 heterocycles. The summed E-state index contributed by atoms with van der Waals surface area (Å²) in [5.41, 5.74) is 7.07. The first-order chi connectivity index (χ1) is 22.6. The molecule has 0 aliphatic rings. The maximum Gasteiger partial charge on any atom is 0.416 e. The van der Waals surface area contributed by atoms with E-state index in [9.17, 15) is 13.2 Å². The largest absolute Gasteiger partial charge is 0.456 e. The van der Waals surface area contributed by atoms with Gasteiger partial charge in [-0.2, -0.15) is 13.2 Å². The molecule has 0 spiro atoms. The second-order valence-electron chi connectivity index (χ2n) is 12.7. The molecule has 0 bridgehead atoms. The van der Waals surface area contributed by atoms with Gasteiger partial charge in [-0.15, -0.1) is 0 Å². The average molecular weight is 629 g/mol. The average Bonchev–Trinajstić information content (AvgIpc) is 3.76. The monoisotopic (exact) mass is 628 g/mol. The molecule has 0 radical (unpaired) electrons. The Morgan fingerprint density at radius 3 is 2.06 bits per heavy atom. The fourth-order valence-electron chi connectivity index (χ4n) is 6.75. The van der Waals surface area contributed by atoms with Crippen molar-refractivity contribution in [1.29, 1.82) is 0 Å². The standard InChI is InChI=1S/C40H31F3N2O2/c1-22(2)26-13-10-14-27(23(3)4)37(26)45-32-16-9-8-15-31(32)44-39(45)30-21-35-29(20-33(46-35)24-11-6-5-7-12-24)36-28-18-17-25(40(41,42)43)19-34(28)47-38(30)36/h5-23H,1-4H3. The fourth-order valence-corrected chi connectivity index (χ4v) is 6.75. The van der Waals surface area contributed by atoms with Gasteiger partial charge < -0.3 is 8.83 Å². The first-order valence-electron chi connectivity index (χ1n) is 15.8. The van der Waals surface area contributed by atoms with Crippen LogP contribution >= 0.6 is 0 Å². The van der Waals surface area contributed by atoms with Gasteiger partial charge in [0, 0.05) is 21.7 Å². The van der Waals surface area contributed by atoms with E-state index in [0.29, 0.717) is 39.1 Å². The quantitative estimate of drug-likeness (QED) is 0.190. The maximum absolute atomic E-state index is 13.9. The number of furan rings is 2. The van der Waals surface area contributed by atoms with Crippen molar-refractivity contribution in [1.82, 2.24) is 9.55 Å². The van der Waals surface area contributed by atoms with E-state index in [4.69, 9.17) is 13.8 Å². The number of benzene rings is 5. The Morgan fingerprint density at radius 1 is 0.681 bits per heavy atom. The van der Waals surface area contributed by atoms with Crippen LogP contribution in [-0.4, -0.2) is 9.55 Å². The summed E-state index contributed by atoms with van der Waals surface area (Å²) in [5.74, 6) is 1.71. The van der Waals surface area contributed by atoms with E-state index in [2.05, 4.69) is 56.5 Å². The van der Waals surface area contributed by atoms with E-state index in [1.165, 1.54) is 17.2 Å². The Hall–Kier alpha value is -5.30. The van der Waals surface area contributed by atoms with Gasteiger partial charge in [0.25, 0.3) is 0 Å². The highest BCUT2D eigenvalue weighted by molar-refractivity contribution is 6.22. The number of nitrogens with zero attached hydrogens (tertiary/aromatic N) is 2. The van der Waals surface area contributed by atoms with E-state index >= 15 is 0 Å². The number of rotatable bonds is 5. The van der Waals surface area contributed by atoms with Gasteiger partial charge in [-0.05, 0) is 65.4 Å². The van der Waals surface area contributed by atoms with Gasteiger partial charge >= 0.3 is 6.18 Å². The summed E-state index contributed by atoms with van der Waals surface area (Å²) < 4.78 is 56.7. The number of fused-ring (bicyclic) bond motifs is 6. The molecule has 234 valence electrons. The number of hydrogen-bond acceptors (Lipinski definition) is 3. The highest BCUT2D eigenvalue weighted by Gasteiger charge is 2.32. The summed E-state index contributed by atoms with van der Waals surface area (Å²) in [6.45, 7) is 8.71. The van der Waals surface area contributed by atoms with Crippen molar-refractivity contribution >= 4 is 43.9 Å². The third-order valence-corrected chi connectivity index (χ3v) is 8.99. The van der Waals surface area contributed by atoms with Crippen molar-refractivity contribution in [3.8, 4) is 28.4 Å². The molecule has 0 saturated heterocycles. The van der Waals surface area contributed by atoms with Crippen LogP contribution in [0, 0.1) is 0 Å². The van der Waals surface area contributed by atoms with Crippen LogP contribution in [0.3, 0.4) is 0 Å². The third kappa shape index (κ3) is 4.63. The Balaban J connectivity index is 1.53. The molecule has 0 atom stereocenters. The summed E-state index contributed by atoms with van der Waals surface area (Å²) in [7, 11) is 0. The van der Waals surface area contributed by atoms with Gasteiger partial charge in [0.15, 0.2) is 0 Å². The SMILES string of the molecule is CC(C)c1cccc(C(C)C)c1-n1c(-c2cc3oc(-c4ccccc4)cc3c3c2oc2cc(C(F)(F)F)ccc23)nc2ccccc21. The highest BCUT2D eigenvalue weighted by atomic mass is 19.4. The van der Waals surface area contributed by atoms with E-state index in [1.54, 1.807) is 0 Å². The normalized spacial score (nSPS) is 12.5. The second-order valence-corrected chi connectivity index (χ2v) is 12.7. The molecule has 0 aliphatic heterocycles. The number of alkyl halides is 3. The predicted molar refractivity (Wildman–Crippen MR) is 182 cm³/mol. The summed E-state index contributed by atoms with van der Waals surface area (Å²) in [6, 6.07) is 31.7. The van der Waals surface area contributed by atoms with Gasteiger partial charge in [-0.1, -0.05) is 88.4 Å². The zero-order chi connectivity index (χ0) is 32.6. The van der Waals surface area contributed by atoms with Crippen LogP contribution in [0.2, 0.25) is 0 Å². The minimum absolute atomic E-state index is 0.152. The van der Waals surface area contributed by atoms with Crippen LogP contribution in [0.25, 0.3) is 72.3 Å². The molecule has 5 aromatic carbocycles. The predicted octanol–water partition coefficient (Wildman–Crippen LogP) is 12.3. The molecule has 0 saturated carbocycles. The second kappa shape index (κ2) is 10.6. The summed E-state index contributed by atoms with van der Waals surface area (Å²) in [6.07, 6.45) is -4.51.